The molecule has 0 radical (unpaired) electrons. The second kappa shape index (κ2) is 6.02. The lowest BCUT2D eigenvalue weighted by atomic mass is 9.95. The van der Waals surface area contributed by atoms with Gasteiger partial charge in [0.25, 0.3) is 0 Å². The van der Waals surface area contributed by atoms with Crippen molar-refractivity contribution in [2.24, 2.45) is 0 Å². The summed E-state index contributed by atoms with van der Waals surface area (Å²) in [6.45, 7) is 0. The van der Waals surface area contributed by atoms with Gasteiger partial charge in [-0.3, -0.25) is 9.59 Å². The fourth-order valence-electron chi connectivity index (χ4n) is 1.54. The van der Waals surface area contributed by atoms with Crippen LogP contribution in [-0.2, 0) is 11.2 Å². The minimum absolute atomic E-state index is 0.0901. The minimum atomic E-state index is -1.04. The van der Waals surface area contributed by atoms with E-state index in [0.29, 0.717) is 5.56 Å². The molecule has 0 saturated carbocycles. The Balaban J connectivity index is 3.26. The molecule has 0 amide bonds. The number of carbonyl (C=O) groups is 2. The summed E-state index contributed by atoms with van der Waals surface area (Å²) in [7, 11) is 0. The Morgan fingerprint density at radius 1 is 1.41 bits per heavy atom. The topological polar surface area (TPSA) is 78.2 Å². The average Bonchev–Trinajstić information content (AvgIpc) is 2.28. The molecule has 1 aromatic carbocycles. The maximum Gasteiger partial charge on any atom is 0.307 e. The minimum Gasteiger partial charge on any atom is -0.481 e. The number of aliphatic carboxylic acids is 1. The molecule has 17 heavy (non-hydrogen) atoms. The van der Waals surface area contributed by atoms with Gasteiger partial charge in [0.15, 0.2) is 5.78 Å². The molecular formula is C12H10ClNO3. The molecule has 0 aliphatic rings. The Morgan fingerprint density at radius 2 is 2.12 bits per heavy atom. The highest BCUT2D eigenvalue weighted by atomic mass is 35.5. The molecule has 1 N–H and O–H groups in total. The molecule has 0 aliphatic carbocycles. The van der Waals surface area contributed by atoms with Gasteiger partial charge in [0.1, 0.15) is 0 Å². The number of nitriles is 1. The lowest BCUT2D eigenvalue weighted by Crippen LogP contribution is -2.11. The van der Waals surface area contributed by atoms with Crippen LogP contribution in [0.2, 0.25) is 0 Å². The zero-order chi connectivity index (χ0) is 12.8. The van der Waals surface area contributed by atoms with Gasteiger partial charge in [-0.1, -0.05) is 12.1 Å². The highest BCUT2D eigenvalue weighted by Gasteiger charge is 2.17. The molecule has 0 heterocycles. The Labute approximate surface area is 103 Å². The van der Waals surface area contributed by atoms with E-state index in [4.69, 9.17) is 22.0 Å². The Morgan fingerprint density at radius 3 is 2.65 bits per heavy atom. The van der Waals surface area contributed by atoms with E-state index in [1.165, 1.54) is 12.1 Å². The van der Waals surface area contributed by atoms with Crippen LogP contribution in [0.25, 0.3) is 0 Å². The first-order valence-electron chi connectivity index (χ1n) is 4.93. The standard InChI is InChI=1S/C12H10ClNO3/c13-5-4-10(15)12-8(6-11(16)17)2-1-3-9(12)7-14/h1-3H,4-6H2,(H,16,17). The molecule has 0 fully saturated rings. The molecule has 0 atom stereocenters. The van der Waals surface area contributed by atoms with Crippen LogP contribution in [-0.4, -0.2) is 22.7 Å². The number of rotatable bonds is 5. The number of nitrogens with zero attached hydrogens (tertiary/aromatic N) is 1. The maximum atomic E-state index is 11.8. The van der Waals surface area contributed by atoms with Gasteiger partial charge in [-0.05, 0) is 11.6 Å². The number of carboxylic acid groups (broad SMARTS) is 1. The molecule has 0 saturated heterocycles. The number of carbonyl (C=O) groups excluding carboxylic acids is 1. The number of Topliss-reactive ketones (excluding diaryl/α,β-unsaturated/α-hetero) is 1. The molecule has 0 unspecified atom stereocenters. The quantitative estimate of drug-likeness (QED) is 0.641. The van der Waals surface area contributed by atoms with Gasteiger partial charge in [-0.15, -0.1) is 11.6 Å². The van der Waals surface area contributed by atoms with Crippen molar-refractivity contribution in [1.29, 1.82) is 5.26 Å². The molecule has 4 nitrogen and oxygen atoms in total. The SMILES string of the molecule is N#Cc1cccc(CC(=O)O)c1C(=O)CCCl. The van der Waals surface area contributed by atoms with Crippen LogP contribution < -0.4 is 0 Å². The first-order valence-corrected chi connectivity index (χ1v) is 5.46. The molecule has 0 bridgehead atoms. The summed E-state index contributed by atoms with van der Waals surface area (Å²) in [4.78, 5) is 22.5. The smallest absolute Gasteiger partial charge is 0.307 e. The van der Waals surface area contributed by atoms with Gasteiger partial charge in [-0.25, -0.2) is 0 Å². The van der Waals surface area contributed by atoms with Crippen molar-refractivity contribution in [3.05, 3.63) is 34.9 Å². The zero-order valence-electron chi connectivity index (χ0n) is 8.94. The number of ketones is 1. The number of hydrogen-bond acceptors (Lipinski definition) is 3. The van der Waals surface area contributed by atoms with Gasteiger partial charge in [-0.2, -0.15) is 5.26 Å². The predicted octanol–water partition coefficient (Wildman–Crippen LogP) is 2.00. The van der Waals surface area contributed by atoms with Crippen molar-refractivity contribution in [1.82, 2.24) is 0 Å². The van der Waals surface area contributed by atoms with E-state index >= 15 is 0 Å². The van der Waals surface area contributed by atoms with Crippen LogP contribution in [0.15, 0.2) is 18.2 Å². The Hall–Kier alpha value is -1.86. The average molecular weight is 252 g/mol. The maximum absolute atomic E-state index is 11.8. The van der Waals surface area contributed by atoms with Gasteiger partial charge in [0, 0.05) is 17.9 Å². The van der Waals surface area contributed by atoms with Gasteiger partial charge >= 0.3 is 5.97 Å². The largest absolute Gasteiger partial charge is 0.481 e. The lowest BCUT2D eigenvalue weighted by molar-refractivity contribution is -0.136. The van der Waals surface area contributed by atoms with Crippen molar-refractivity contribution in [2.45, 2.75) is 12.8 Å². The normalized spacial score (nSPS) is 9.65. The summed E-state index contributed by atoms with van der Waals surface area (Å²) >= 11 is 5.48. The van der Waals surface area contributed by atoms with Crippen LogP contribution in [0, 0.1) is 11.3 Å². The molecular weight excluding hydrogens is 242 g/mol. The molecule has 1 rings (SSSR count). The number of carboxylic acids is 1. The molecule has 0 aromatic heterocycles. The third-order valence-corrected chi connectivity index (χ3v) is 2.40. The van der Waals surface area contributed by atoms with E-state index in [1.54, 1.807) is 6.07 Å². The van der Waals surface area contributed by atoms with Gasteiger partial charge < -0.3 is 5.11 Å². The summed E-state index contributed by atoms with van der Waals surface area (Å²) in [5.41, 5.74) is 0.726. The van der Waals surface area contributed by atoms with Crippen molar-refractivity contribution >= 4 is 23.4 Å². The van der Waals surface area contributed by atoms with Crippen molar-refractivity contribution in [3.63, 3.8) is 0 Å². The third kappa shape index (κ3) is 3.30. The van der Waals surface area contributed by atoms with Gasteiger partial charge in [0.05, 0.1) is 18.1 Å². The van der Waals surface area contributed by atoms with E-state index in [0.717, 1.165) is 0 Å². The van der Waals surface area contributed by atoms with Crippen LogP contribution in [0.5, 0.6) is 0 Å². The Bertz CT molecular complexity index is 491. The van der Waals surface area contributed by atoms with Crippen LogP contribution in [0.1, 0.15) is 27.9 Å². The van der Waals surface area contributed by atoms with Crippen LogP contribution in [0.4, 0.5) is 0 Å². The molecule has 0 spiro atoms. The first kappa shape index (κ1) is 13.2. The molecule has 1 aromatic rings. The van der Waals surface area contributed by atoms with E-state index in [2.05, 4.69) is 0 Å². The fourth-order valence-corrected chi connectivity index (χ4v) is 1.72. The summed E-state index contributed by atoms with van der Waals surface area (Å²) in [6.07, 6.45) is -0.189. The number of benzene rings is 1. The third-order valence-electron chi connectivity index (χ3n) is 2.21. The summed E-state index contributed by atoms with van der Waals surface area (Å²) in [5.74, 6) is -1.20. The van der Waals surface area contributed by atoms with E-state index in [9.17, 15) is 9.59 Å². The Kier molecular flexibility index (Phi) is 4.68. The molecule has 0 aliphatic heterocycles. The van der Waals surface area contributed by atoms with Crippen LogP contribution in [0.3, 0.4) is 0 Å². The van der Waals surface area contributed by atoms with E-state index in [1.807, 2.05) is 6.07 Å². The summed E-state index contributed by atoms with van der Waals surface area (Å²) in [6, 6.07) is 6.49. The molecule has 88 valence electrons. The fraction of sp³-hybridized carbons (Fsp3) is 0.250. The van der Waals surface area contributed by atoms with Crippen molar-refractivity contribution in [2.75, 3.05) is 5.88 Å². The lowest BCUT2D eigenvalue weighted by Gasteiger charge is -2.07. The molecule has 5 heteroatoms. The highest BCUT2D eigenvalue weighted by Crippen LogP contribution is 2.17. The van der Waals surface area contributed by atoms with Gasteiger partial charge in [0.2, 0.25) is 0 Å². The second-order valence-corrected chi connectivity index (χ2v) is 3.76. The number of halogens is 1. The summed E-state index contributed by atoms with van der Waals surface area (Å²) < 4.78 is 0. The zero-order valence-corrected chi connectivity index (χ0v) is 9.70. The second-order valence-electron chi connectivity index (χ2n) is 3.38. The number of hydrogen-bond donors (Lipinski definition) is 1. The predicted molar refractivity (Wildman–Crippen MR) is 62.2 cm³/mol. The summed E-state index contributed by atoms with van der Waals surface area (Å²) in [5, 5.41) is 17.7. The van der Waals surface area contributed by atoms with E-state index < -0.39 is 5.97 Å². The highest BCUT2D eigenvalue weighted by molar-refractivity contribution is 6.19. The first-order chi connectivity index (χ1) is 8.10. The number of alkyl halides is 1. The van der Waals surface area contributed by atoms with E-state index in [-0.39, 0.29) is 35.6 Å². The van der Waals surface area contributed by atoms with Crippen molar-refractivity contribution in [3.8, 4) is 6.07 Å². The van der Waals surface area contributed by atoms with Crippen molar-refractivity contribution < 1.29 is 14.7 Å². The monoisotopic (exact) mass is 251 g/mol. The van der Waals surface area contributed by atoms with Crippen LogP contribution >= 0.6 is 11.6 Å².